The summed E-state index contributed by atoms with van der Waals surface area (Å²) in [4.78, 5) is 25.3. The third-order valence-corrected chi connectivity index (χ3v) is 3.43. The van der Waals surface area contributed by atoms with Crippen molar-refractivity contribution in [2.75, 3.05) is 6.54 Å². The molecule has 2 N–H and O–H groups in total. The Balaban J connectivity index is 2.17. The Morgan fingerprint density at radius 2 is 1.64 bits per heavy atom. The molecule has 2 aromatic carbocycles. The summed E-state index contributed by atoms with van der Waals surface area (Å²) in [5.41, 5.74) is 7.95. The maximum atomic E-state index is 12.6. The van der Waals surface area contributed by atoms with Crippen molar-refractivity contribution in [3.8, 4) is 0 Å². The van der Waals surface area contributed by atoms with E-state index in [1.807, 2.05) is 49.4 Å². The van der Waals surface area contributed by atoms with Crippen molar-refractivity contribution in [3.63, 3.8) is 0 Å². The van der Waals surface area contributed by atoms with Crippen LogP contribution in [0.15, 0.2) is 54.6 Å². The van der Waals surface area contributed by atoms with Gasteiger partial charge in [-0.2, -0.15) is 0 Å². The Morgan fingerprint density at radius 1 is 1.00 bits per heavy atom. The Hall–Kier alpha value is -2.62. The molecular weight excluding hydrogens is 276 g/mol. The van der Waals surface area contributed by atoms with Crippen molar-refractivity contribution in [1.82, 2.24) is 4.90 Å². The summed E-state index contributed by atoms with van der Waals surface area (Å²) in [6.45, 7) is 2.75. The molecule has 2 amide bonds. The third-order valence-electron chi connectivity index (χ3n) is 3.43. The predicted octanol–water partition coefficient (Wildman–Crippen LogP) is 2.51. The summed E-state index contributed by atoms with van der Waals surface area (Å²) in [5, 5.41) is 0. The van der Waals surface area contributed by atoms with E-state index in [0.29, 0.717) is 18.7 Å². The molecule has 0 aliphatic rings. The van der Waals surface area contributed by atoms with Gasteiger partial charge in [-0.15, -0.1) is 0 Å². The summed E-state index contributed by atoms with van der Waals surface area (Å²) in [5.74, 6) is -0.500. The number of aryl methyl sites for hydroxylation is 1. The monoisotopic (exact) mass is 296 g/mol. The molecule has 4 heteroatoms. The first-order valence-corrected chi connectivity index (χ1v) is 7.24. The van der Waals surface area contributed by atoms with Gasteiger partial charge in [-0.25, -0.2) is 0 Å². The molecule has 0 atom stereocenters. The summed E-state index contributed by atoms with van der Waals surface area (Å²) < 4.78 is 0. The predicted molar refractivity (Wildman–Crippen MR) is 86.2 cm³/mol. The van der Waals surface area contributed by atoms with E-state index in [1.54, 1.807) is 17.0 Å². The molecule has 0 saturated heterocycles. The lowest BCUT2D eigenvalue weighted by Crippen LogP contribution is -2.33. The van der Waals surface area contributed by atoms with Crippen LogP contribution in [-0.4, -0.2) is 23.3 Å². The lowest BCUT2D eigenvalue weighted by molar-refractivity contribution is -0.118. The van der Waals surface area contributed by atoms with Gasteiger partial charge in [-0.1, -0.05) is 48.0 Å². The Labute approximate surface area is 130 Å². The van der Waals surface area contributed by atoms with Gasteiger partial charge in [-0.3, -0.25) is 9.59 Å². The topological polar surface area (TPSA) is 63.4 Å². The highest BCUT2D eigenvalue weighted by molar-refractivity contribution is 5.94. The number of nitrogens with zero attached hydrogens (tertiary/aromatic N) is 1. The summed E-state index contributed by atoms with van der Waals surface area (Å²) in [6.07, 6.45) is 0.157. The zero-order chi connectivity index (χ0) is 15.9. The number of nitrogens with two attached hydrogens (primary N) is 1. The van der Waals surface area contributed by atoms with Crippen LogP contribution < -0.4 is 5.73 Å². The Kier molecular flexibility index (Phi) is 5.31. The van der Waals surface area contributed by atoms with Crippen LogP contribution in [0.5, 0.6) is 0 Å². The second-order valence-corrected chi connectivity index (χ2v) is 5.29. The quantitative estimate of drug-likeness (QED) is 0.890. The number of rotatable bonds is 6. The molecule has 0 fully saturated rings. The fourth-order valence-corrected chi connectivity index (χ4v) is 2.18. The maximum Gasteiger partial charge on any atom is 0.254 e. The fourth-order valence-electron chi connectivity index (χ4n) is 2.18. The van der Waals surface area contributed by atoms with Gasteiger partial charge in [0, 0.05) is 25.1 Å². The van der Waals surface area contributed by atoms with Crippen molar-refractivity contribution in [1.29, 1.82) is 0 Å². The molecule has 0 spiro atoms. The molecule has 0 aromatic heterocycles. The molecule has 0 radical (unpaired) electrons. The van der Waals surface area contributed by atoms with Crippen molar-refractivity contribution in [3.05, 3.63) is 71.3 Å². The lowest BCUT2D eigenvalue weighted by Gasteiger charge is -2.22. The van der Waals surface area contributed by atoms with Crippen LogP contribution in [0.3, 0.4) is 0 Å². The van der Waals surface area contributed by atoms with Gasteiger partial charge in [0.2, 0.25) is 5.91 Å². The number of carbonyl (C=O) groups is 2. The molecule has 2 aromatic rings. The smallest absolute Gasteiger partial charge is 0.254 e. The van der Waals surface area contributed by atoms with Crippen LogP contribution in [0.1, 0.15) is 27.9 Å². The van der Waals surface area contributed by atoms with E-state index >= 15 is 0 Å². The molecule has 114 valence electrons. The van der Waals surface area contributed by atoms with Crippen molar-refractivity contribution < 1.29 is 9.59 Å². The van der Waals surface area contributed by atoms with Crippen molar-refractivity contribution in [2.45, 2.75) is 19.9 Å². The van der Waals surface area contributed by atoms with Crippen LogP contribution in [0.2, 0.25) is 0 Å². The first-order chi connectivity index (χ1) is 10.6. The number of hydrogen-bond acceptors (Lipinski definition) is 2. The average Bonchev–Trinajstić information content (AvgIpc) is 2.52. The molecular formula is C18H20N2O2. The van der Waals surface area contributed by atoms with Crippen LogP contribution in [0.4, 0.5) is 0 Å². The van der Waals surface area contributed by atoms with Gasteiger partial charge in [0.1, 0.15) is 0 Å². The van der Waals surface area contributed by atoms with Gasteiger partial charge in [0.15, 0.2) is 0 Å². The molecule has 0 bridgehead atoms. The van der Waals surface area contributed by atoms with E-state index in [-0.39, 0.29) is 12.3 Å². The number of amides is 2. The van der Waals surface area contributed by atoms with Crippen LogP contribution in [-0.2, 0) is 11.3 Å². The first-order valence-electron chi connectivity index (χ1n) is 7.24. The van der Waals surface area contributed by atoms with Gasteiger partial charge in [0.25, 0.3) is 5.91 Å². The zero-order valence-corrected chi connectivity index (χ0v) is 12.7. The zero-order valence-electron chi connectivity index (χ0n) is 12.7. The van der Waals surface area contributed by atoms with Crippen LogP contribution >= 0.6 is 0 Å². The van der Waals surface area contributed by atoms with E-state index < -0.39 is 5.91 Å². The van der Waals surface area contributed by atoms with Crippen LogP contribution in [0.25, 0.3) is 0 Å². The second-order valence-electron chi connectivity index (χ2n) is 5.29. The normalized spacial score (nSPS) is 10.2. The Bertz CT molecular complexity index is 636. The minimum Gasteiger partial charge on any atom is -0.370 e. The van der Waals surface area contributed by atoms with Crippen molar-refractivity contribution >= 4 is 11.8 Å². The largest absolute Gasteiger partial charge is 0.370 e. The van der Waals surface area contributed by atoms with E-state index in [9.17, 15) is 9.59 Å². The van der Waals surface area contributed by atoms with Gasteiger partial charge < -0.3 is 10.6 Å². The second kappa shape index (κ2) is 7.41. The van der Waals surface area contributed by atoms with E-state index in [0.717, 1.165) is 11.1 Å². The molecule has 0 saturated carbocycles. The summed E-state index contributed by atoms with van der Waals surface area (Å²) >= 11 is 0. The number of benzene rings is 2. The van der Waals surface area contributed by atoms with Crippen LogP contribution in [0, 0.1) is 6.92 Å². The van der Waals surface area contributed by atoms with E-state index in [1.165, 1.54) is 0 Å². The third kappa shape index (κ3) is 4.45. The number of hydrogen-bond donors (Lipinski definition) is 1. The summed E-state index contributed by atoms with van der Waals surface area (Å²) in [6, 6.07) is 17.1. The molecule has 22 heavy (non-hydrogen) atoms. The molecule has 4 nitrogen and oxygen atoms in total. The average molecular weight is 296 g/mol. The Morgan fingerprint density at radius 3 is 2.23 bits per heavy atom. The van der Waals surface area contributed by atoms with E-state index in [4.69, 9.17) is 5.73 Å². The summed E-state index contributed by atoms with van der Waals surface area (Å²) in [7, 11) is 0. The van der Waals surface area contributed by atoms with Gasteiger partial charge in [-0.05, 0) is 24.6 Å². The number of carbonyl (C=O) groups excluding carboxylic acids is 2. The minimum absolute atomic E-state index is 0.0925. The highest BCUT2D eigenvalue weighted by Gasteiger charge is 2.16. The molecule has 0 heterocycles. The van der Waals surface area contributed by atoms with Gasteiger partial charge in [0.05, 0.1) is 0 Å². The molecule has 0 aliphatic heterocycles. The molecule has 0 aliphatic carbocycles. The standard InChI is InChI=1S/C18H20N2O2/c1-14-7-9-16(10-8-14)18(22)20(12-11-17(19)21)13-15-5-3-2-4-6-15/h2-10H,11-13H2,1H3,(H2,19,21). The minimum atomic E-state index is -0.408. The van der Waals surface area contributed by atoms with E-state index in [2.05, 4.69) is 0 Å². The first kappa shape index (κ1) is 15.8. The molecule has 2 rings (SSSR count). The lowest BCUT2D eigenvalue weighted by atomic mass is 10.1. The highest BCUT2D eigenvalue weighted by Crippen LogP contribution is 2.12. The van der Waals surface area contributed by atoms with Crippen molar-refractivity contribution in [2.24, 2.45) is 5.73 Å². The SMILES string of the molecule is Cc1ccc(C(=O)N(CCC(N)=O)Cc2ccccc2)cc1. The van der Waals surface area contributed by atoms with Gasteiger partial charge >= 0.3 is 0 Å². The highest BCUT2D eigenvalue weighted by atomic mass is 16.2. The maximum absolute atomic E-state index is 12.6. The fraction of sp³-hybridized carbons (Fsp3) is 0.222. The molecule has 0 unspecified atom stereocenters. The number of primary amides is 1.